The molecule has 5 aromatic rings. The minimum absolute atomic E-state index is 0.188. The van der Waals surface area contributed by atoms with Crippen LogP contribution in [0.4, 0.5) is 0 Å². The highest BCUT2D eigenvalue weighted by Crippen LogP contribution is 2.44. The molecule has 0 heterocycles. The fraction of sp³-hybridized carbons (Fsp3) is 0.362. The van der Waals surface area contributed by atoms with Crippen molar-refractivity contribution in [3.63, 3.8) is 0 Å². The summed E-state index contributed by atoms with van der Waals surface area (Å²) in [5.74, 6) is 2.17. The maximum Gasteiger partial charge on any atom is 0.121 e. The largest absolute Gasteiger partial charge is 0.507 e. The van der Waals surface area contributed by atoms with Crippen molar-refractivity contribution >= 4 is 0 Å². The fourth-order valence-corrected chi connectivity index (χ4v) is 7.30. The maximum atomic E-state index is 10.3. The summed E-state index contributed by atoms with van der Waals surface area (Å²) in [5, 5.41) is 40.5. The first-order chi connectivity index (χ1) is 23.7. The van der Waals surface area contributed by atoms with Gasteiger partial charge in [0.2, 0.25) is 0 Å². The van der Waals surface area contributed by atoms with Crippen LogP contribution in [-0.2, 0) is 5.41 Å². The van der Waals surface area contributed by atoms with Crippen molar-refractivity contribution < 1.29 is 20.4 Å². The minimum Gasteiger partial charge on any atom is -0.507 e. The normalized spacial score (nSPS) is 11.6. The summed E-state index contributed by atoms with van der Waals surface area (Å²) < 4.78 is 0. The lowest BCUT2D eigenvalue weighted by Gasteiger charge is -2.28. The molecule has 4 N–H and O–H groups in total. The topological polar surface area (TPSA) is 80.9 Å². The molecule has 0 saturated carbocycles. The quantitative estimate of drug-likeness (QED) is 0.143. The van der Waals surface area contributed by atoms with E-state index in [0.29, 0.717) is 34.8 Å². The SMILES string of the molecule is Cc1cc(-c2ccc(C(C)C)c(-c3cc(C)c(O)c(C)c3)c2C(C)C)cc(C)c1O.Cc1cc(C(C)(C)c2cc(C)c(O)c(C)c2)cc(C)c1O. The lowest BCUT2D eigenvalue weighted by Crippen LogP contribution is -2.19. The van der Waals surface area contributed by atoms with Crippen LogP contribution in [0.3, 0.4) is 0 Å². The van der Waals surface area contributed by atoms with E-state index in [1.54, 1.807) is 0 Å². The van der Waals surface area contributed by atoms with Gasteiger partial charge < -0.3 is 20.4 Å². The van der Waals surface area contributed by atoms with Crippen LogP contribution >= 0.6 is 0 Å². The van der Waals surface area contributed by atoms with Gasteiger partial charge in [0.25, 0.3) is 0 Å². The molecule has 0 amide bonds. The molecule has 0 saturated heterocycles. The van der Waals surface area contributed by atoms with Gasteiger partial charge in [0.05, 0.1) is 0 Å². The Labute approximate surface area is 306 Å². The molecule has 0 unspecified atom stereocenters. The number of rotatable bonds is 6. The second-order valence-corrected chi connectivity index (χ2v) is 15.8. The summed E-state index contributed by atoms with van der Waals surface area (Å²) in [5.41, 5.74) is 16.7. The van der Waals surface area contributed by atoms with Crippen molar-refractivity contribution in [3.05, 3.63) is 127 Å². The molecule has 4 heteroatoms. The Hall–Kier alpha value is -4.70. The van der Waals surface area contributed by atoms with Gasteiger partial charge in [-0.15, -0.1) is 0 Å². The smallest absolute Gasteiger partial charge is 0.121 e. The molecule has 0 radical (unpaired) electrons. The minimum atomic E-state index is -0.188. The number of aryl methyl sites for hydroxylation is 8. The van der Waals surface area contributed by atoms with Crippen LogP contribution in [-0.4, -0.2) is 20.4 Å². The fourth-order valence-electron chi connectivity index (χ4n) is 7.30. The molecule has 51 heavy (non-hydrogen) atoms. The Morgan fingerprint density at radius 1 is 0.431 bits per heavy atom. The van der Waals surface area contributed by atoms with Gasteiger partial charge in [-0.2, -0.15) is 0 Å². The highest BCUT2D eigenvalue weighted by Gasteiger charge is 2.26. The van der Waals surface area contributed by atoms with Gasteiger partial charge in [-0.25, -0.2) is 0 Å². The summed E-state index contributed by atoms with van der Waals surface area (Å²) in [6.07, 6.45) is 0. The van der Waals surface area contributed by atoms with E-state index in [1.165, 1.54) is 33.4 Å². The Bertz CT molecular complexity index is 1940. The van der Waals surface area contributed by atoms with E-state index in [-0.39, 0.29) is 5.41 Å². The van der Waals surface area contributed by atoms with Gasteiger partial charge in [-0.3, -0.25) is 0 Å². The van der Waals surface area contributed by atoms with Gasteiger partial charge in [0.1, 0.15) is 23.0 Å². The van der Waals surface area contributed by atoms with Crippen molar-refractivity contribution in [2.24, 2.45) is 0 Å². The number of benzene rings is 5. The second-order valence-electron chi connectivity index (χ2n) is 15.8. The predicted octanol–water partition coefficient (Wildman–Crippen LogP) is 12.6. The van der Waals surface area contributed by atoms with Crippen LogP contribution in [0.15, 0.2) is 60.7 Å². The van der Waals surface area contributed by atoms with Crippen molar-refractivity contribution in [2.75, 3.05) is 0 Å². The monoisotopic (exact) mass is 686 g/mol. The Morgan fingerprint density at radius 3 is 1.06 bits per heavy atom. The van der Waals surface area contributed by atoms with Crippen LogP contribution in [0, 0.1) is 55.4 Å². The van der Waals surface area contributed by atoms with E-state index in [4.69, 9.17) is 0 Å². The molecule has 0 fully saturated rings. The summed E-state index contributed by atoms with van der Waals surface area (Å²) >= 11 is 0. The van der Waals surface area contributed by atoms with Crippen LogP contribution in [0.1, 0.15) is 120 Å². The van der Waals surface area contributed by atoms with E-state index in [2.05, 4.69) is 77.9 Å². The molecular weight excluding hydrogens is 629 g/mol. The molecule has 5 aromatic carbocycles. The molecule has 0 aliphatic carbocycles. The number of phenolic OH excluding ortho intramolecular Hbond substituents is 4. The van der Waals surface area contributed by atoms with E-state index in [1.807, 2.05) is 79.7 Å². The number of hydrogen-bond donors (Lipinski definition) is 4. The molecule has 5 rings (SSSR count). The van der Waals surface area contributed by atoms with Gasteiger partial charge in [0.15, 0.2) is 0 Å². The molecule has 0 spiro atoms. The number of phenols is 4. The third-order valence-corrected chi connectivity index (χ3v) is 10.5. The van der Waals surface area contributed by atoms with Crippen molar-refractivity contribution in [3.8, 4) is 45.3 Å². The average molecular weight is 687 g/mol. The highest BCUT2D eigenvalue weighted by atomic mass is 16.3. The molecule has 0 aliphatic heterocycles. The molecular formula is C47H58O4. The molecule has 0 aromatic heterocycles. The van der Waals surface area contributed by atoms with Crippen LogP contribution in [0.2, 0.25) is 0 Å². The predicted molar refractivity (Wildman–Crippen MR) is 215 cm³/mol. The summed E-state index contributed by atoms with van der Waals surface area (Å²) in [7, 11) is 0. The first kappa shape index (κ1) is 39.1. The van der Waals surface area contributed by atoms with Crippen molar-refractivity contribution in [1.82, 2.24) is 0 Å². The van der Waals surface area contributed by atoms with Crippen molar-refractivity contribution in [2.45, 2.75) is 114 Å². The molecule has 0 bridgehead atoms. The number of hydrogen-bond acceptors (Lipinski definition) is 4. The first-order valence-corrected chi connectivity index (χ1v) is 18.1. The van der Waals surface area contributed by atoms with E-state index < -0.39 is 0 Å². The third kappa shape index (κ3) is 7.81. The van der Waals surface area contributed by atoms with Gasteiger partial charge in [0, 0.05) is 5.41 Å². The lowest BCUT2D eigenvalue weighted by molar-refractivity contribution is 0.464. The molecule has 4 nitrogen and oxygen atoms in total. The van der Waals surface area contributed by atoms with E-state index in [9.17, 15) is 20.4 Å². The lowest BCUT2D eigenvalue weighted by atomic mass is 9.76. The zero-order valence-corrected chi connectivity index (χ0v) is 33.2. The second kappa shape index (κ2) is 14.9. The van der Waals surface area contributed by atoms with Crippen LogP contribution < -0.4 is 0 Å². The first-order valence-electron chi connectivity index (χ1n) is 18.1. The van der Waals surface area contributed by atoms with E-state index >= 15 is 0 Å². The van der Waals surface area contributed by atoms with Gasteiger partial charge in [-0.1, -0.05) is 77.9 Å². The van der Waals surface area contributed by atoms with Gasteiger partial charge in [-0.05, 0) is 181 Å². The standard InChI is InChI=1S/C28H34O2.C19H24O2/c1-15(2)23-9-10-24(21-11-17(5)27(29)18(6)12-21)25(16(3)4)26(23)22-13-19(7)28(30)20(8)14-22;1-11-7-15(8-12(2)17(11)20)19(5,6)16-9-13(3)18(21)14(4)10-16/h9-16,29-30H,1-8H3;7-10,20-21H,1-6H3. The van der Waals surface area contributed by atoms with Crippen LogP contribution in [0.25, 0.3) is 22.3 Å². The number of aromatic hydroxyl groups is 4. The summed E-state index contributed by atoms with van der Waals surface area (Å²) in [4.78, 5) is 0. The third-order valence-electron chi connectivity index (χ3n) is 10.5. The molecule has 0 aliphatic rings. The van der Waals surface area contributed by atoms with Crippen LogP contribution in [0.5, 0.6) is 23.0 Å². The zero-order valence-electron chi connectivity index (χ0n) is 33.2. The Morgan fingerprint density at radius 2 is 0.745 bits per heavy atom. The summed E-state index contributed by atoms with van der Waals surface area (Å²) in [6, 6.07) is 21.0. The average Bonchev–Trinajstić information content (AvgIpc) is 3.05. The highest BCUT2D eigenvalue weighted by molar-refractivity contribution is 5.83. The maximum absolute atomic E-state index is 10.3. The Kier molecular flexibility index (Phi) is 11.4. The van der Waals surface area contributed by atoms with E-state index in [0.717, 1.165) is 55.6 Å². The molecule has 270 valence electrons. The summed E-state index contributed by atoms with van der Waals surface area (Å²) in [6.45, 7) is 28.8. The Balaban J connectivity index is 0.000000244. The zero-order chi connectivity index (χ0) is 38.3. The van der Waals surface area contributed by atoms with Crippen molar-refractivity contribution in [1.29, 1.82) is 0 Å². The molecule has 0 atom stereocenters. The van der Waals surface area contributed by atoms with Gasteiger partial charge >= 0.3 is 0 Å².